The van der Waals surface area contributed by atoms with Gasteiger partial charge >= 0.3 is 0 Å². The molecular weight excluding hydrogens is 226 g/mol. The van der Waals surface area contributed by atoms with E-state index in [1.54, 1.807) is 6.20 Å². The van der Waals surface area contributed by atoms with Crippen molar-refractivity contribution in [1.29, 1.82) is 0 Å². The lowest BCUT2D eigenvalue weighted by atomic mass is 10.1. The molecule has 2 aromatic rings. The average molecular weight is 239 g/mol. The van der Waals surface area contributed by atoms with Crippen molar-refractivity contribution in [3.63, 3.8) is 0 Å². The van der Waals surface area contributed by atoms with Gasteiger partial charge in [-0.2, -0.15) is 0 Å². The Hall–Kier alpha value is -2.36. The van der Waals surface area contributed by atoms with Gasteiger partial charge in [-0.1, -0.05) is 24.3 Å². The van der Waals surface area contributed by atoms with Crippen LogP contribution in [0, 0.1) is 0 Å². The second-order valence-corrected chi connectivity index (χ2v) is 4.31. The van der Waals surface area contributed by atoms with Crippen LogP contribution in [0.4, 0.5) is 11.5 Å². The summed E-state index contributed by atoms with van der Waals surface area (Å²) in [5, 5.41) is 0. The Morgan fingerprint density at radius 3 is 2.72 bits per heavy atom. The number of benzene rings is 1. The summed E-state index contributed by atoms with van der Waals surface area (Å²) in [6.45, 7) is 0. The molecule has 0 saturated heterocycles. The van der Waals surface area contributed by atoms with Crippen molar-refractivity contribution >= 4 is 17.4 Å². The Balaban J connectivity index is 2.11. The van der Waals surface area contributed by atoms with E-state index in [4.69, 9.17) is 5.73 Å². The number of primary amides is 1. The summed E-state index contributed by atoms with van der Waals surface area (Å²) >= 11 is 0. The Morgan fingerprint density at radius 2 is 2.00 bits per heavy atom. The highest BCUT2D eigenvalue weighted by Gasteiger charge is 2.34. The monoisotopic (exact) mass is 239 g/mol. The lowest BCUT2D eigenvalue weighted by Gasteiger charge is -2.24. The first kappa shape index (κ1) is 10.8. The van der Waals surface area contributed by atoms with Crippen molar-refractivity contribution in [3.8, 4) is 0 Å². The van der Waals surface area contributed by atoms with E-state index in [-0.39, 0.29) is 11.9 Å². The van der Waals surface area contributed by atoms with Crippen molar-refractivity contribution in [2.45, 2.75) is 12.5 Å². The zero-order valence-electron chi connectivity index (χ0n) is 9.78. The molecule has 0 spiro atoms. The summed E-state index contributed by atoms with van der Waals surface area (Å²) in [7, 11) is 0. The molecule has 90 valence electrons. The molecule has 3 rings (SSSR count). The minimum Gasteiger partial charge on any atom is -0.368 e. The molecule has 1 aromatic heterocycles. The number of para-hydroxylation sites is 1. The maximum atomic E-state index is 11.6. The molecule has 18 heavy (non-hydrogen) atoms. The Bertz CT molecular complexity index is 583. The summed E-state index contributed by atoms with van der Waals surface area (Å²) in [6.07, 6.45) is 2.35. The van der Waals surface area contributed by atoms with Gasteiger partial charge in [0.2, 0.25) is 5.91 Å². The zero-order valence-corrected chi connectivity index (χ0v) is 9.78. The van der Waals surface area contributed by atoms with Crippen LogP contribution in [0.2, 0.25) is 0 Å². The fourth-order valence-electron chi connectivity index (χ4n) is 2.37. The van der Waals surface area contributed by atoms with Crippen LogP contribution in [0.1, 0.15) is 5.56 Å². The molecule has 1 amide bonds. The highest BCUT2D eigenvalue weighted by Crippen LogP contribution is 2.36. The molecule has 2 heterocycles. The first-order chi connectivity index (χ1) is 8.77. The number of carbonyl (C=O) groups is 1. The standard InChI is InChI=1S/C14H13N3O/c15-13(18)12-9-10-5-4-8-16-14(10)17(12)11-6-2-1-3-7-11/h1-8,12H,9H2,(H2,15,18). The van der Waals surface area contributed by atoms with Gasteiger partial charge in [-0.25, -0.2) is 4.98 Å². The number of fused-ring (bicyclic) bond motifs is 1. The molecule has 1 aliphatic heterocycles. The number of anilines is 2. The predicted octanol–water partition coefficient (Wildman–Crippen LogP) is 1.63. The molecule has 1 aromatic carbocycles. The van der Waals surface area contributed by atoms with Crippen LogP contribution in [0.5, 0.6) is 0 Å². The molecular formula is C14H13N3O. The van der Waals surface area contributed by atoms with Gasteiger partial charge in [0.25, 0.3) is 0 Å². The summed E-state index contributed by atoms with van der Waals surface area (Å²) < 4.78 is 0. The van der Waals surface area contributed by atoms with Gasteiger partial charge in [-0.15, -0.1) is 0 Å². The quantitative estimate of drug-likeness (QED) is 0.866. The molecule has 0 bridgehead atoms. The van der Waals surface area contributed by atoms with Gasteiger partial charge in [-0.05, 0) is 23.8 Å². The lowest BCUT2D eigenvalue weighted by molar-refractivity contribution is -0.119. The predicted molar refractivity (Wildman–Crippen MR) is 69.5 cm³/mol. The van der Waals surface area contributed by atoms with Gasteiger partial charge in [0.05, 0.1) is 0 Å². The van der Waals surface area contributed by atoms with E-state index >= 15 is 0 Å². The SMILES string of the molecule is NC(=O)C1Cc2cccnc2N1c1ccccc1. The maximum Gasteiger partial charge on any atom is 0.240 e. The number of amides is 1. The van der Waals surface area contributed by atoms with E-state index in [9.17, 15) is 4.79 Å². The summed E-state index contributed by atoms with van der Waals surface area (Å²) in [4.78, 5) is 17.9. The first-order valence-electron chi connectivity index (χ1n) is 5.85. The van der Waals surface area contributed by atoms with E-state index in [0.717, 1.165) is 17.1 Å². The number of hydrogen-bond acceptors (Lipinski definition) is 3. The second kappa shape index (κ2) is 4.14. The molecule has 4 nitrogen and oxygen atoms in total. The van der Waals surface area contributed by atoms with Gasteiger partial charge < -0.3 is 10.6 Å². The Labute approximate surface area is 105 Å². The molecule has 0 aliphatic carbocycles. The van der Waals surface area contributed by atoms with Crippen LogP contribution >= 0.6 is 0 Å². The van der Waals surface area contributed by atoms with Gasteiger partial charge in [0.1, 0.15) is 11.9 Å². The average Bonchev–Trinajstić information content (AvgIpc) is 2.79. The van der Waals surface area contributed by atoms with E-state index in [2.05, 4.69) is 4.98 Å². The van der Waals surface area contributed by atoms with Crippen LogP contribution in [-0.2, 0) is 11.2 Å². The minimum atomic E-state index is -0.350. The summed E-state index contributed by atoms with van der Waals surface area (Å²) in [5.41, 5.74) is 7.50. The molecule has 1 atom stereocenters. The van der Waals surface area contributed by atoms with Gasteiger partial charge in [0.15, 0.2) is 0 Å². The van der Waals surface area contributed by atoms with Crippen molar-refractivity contribution in [1.82, 2.24) is 4.98 Å². The van der Waals surface area contributed by atoms with E-state index < -0.39 is 0 Å². The maximum absolute atomic E-state index is 11.6. The number of carbonyl (C=O) groups excluding carboxylic acids is 1. The van der Waals surface area contributed by atoms with Crippen molar-refractivity contribution in [3.05, 3.63) is 54.2 Å². The minimum absolute atomic E-state index is 0.322. The topological polar surface area (TPSA) is 59.2 Å². The third-order valence-corrected chi connectivity index (χ3v) is 3.18. The van der Waals surface area contributed by atoms with Gasteiger partial charge in [-0.3, -0.25) is 4.79 Å². The van der Waals surface area contributed by atoms with Crippen molar-refractivity contribution in [2.75, 3.05) is 4.90 Å². The fraction of sp³-hybridized carbons (Fsp3) is 0.143. The lowest BCUT2D eigenvalue weighted by Crippen LogP contribution is -2.40. The van der Waals surface area contributed by atoms with Crippen LogP contribution in [0.3, 0.4) is 0 Å². The third kappa shape index (κ3) is 1.62. The number of nitrogens with two attached hydrogens (primary N) is 1. The molecule has 4 heteroatoms. The number of aromatic nitrogens is 1. The van der Waals surface area contributed by atoms with Crippen LogP contribution < -0.4 is 10.6 Å². The molecule has 0 fully saturated rings. The second-order valence-electron chi connectivity index (χ2n) is 4.31. The van der Waals surface area contributed by atoms with E-state index in [1.807, 2.05) is 47.4 Å². The number of nitrogens with zero attached hydrogens (tertiary/aromatic N) is 2. The molecule has 1 aliphatic rings. The highest BCUT2D eigenvalue weighted by atomic mass is 16.1. The Kier molecular flexibility index (Phi) is 2.48. The number of rotatable bonds is 2. The van der Waals surface area contributed by atoms with Gasteiger partial charge in [0, 0.05) is 18.3 Å². The fourth-order valence-corrected chi connectivity index (χ4v) is 2.37. The molecule has 0 radical (unpaired) electrons. The highest BCUT2D eigenvalue weighted by molar-refractivity contribution is 5.89. The first-order valence-corrected chi connectivity index (χ1v) is 5.85. The van der Waals surface area contributed by atoms with Crippen LogP contribution in [-0.4, -0.2) is 16.9 Å². The number of pyridine rings is 1. The largest absolute Gasteiger partial charge is 0.368 e. The Morgan fingerprint density at radius 1 is 1.22 bits per heavy atom. The number of hydrogen-bond donors (Lipinski definition) is 1. The smallest absolute Gasteiger partial charge is 0.240 e. The van der Waals surface area contributed by atoms with E-state index in [1.165, 1.54) is 0 Å². The van der Waals surface area contributed by atoms with Crippen molar-refractivity contribution in [2.24, 2.45) is 5.73 Å². The van der Waals surface area contributed by atoms with Crippen LogP contribution in [0.25, 0.3) is 0 Å². The van der Waals surface area contributed by atoms with Crippen LogP contribution in [0.15, 0.2) is 48.7 Å². The molecule has 2 N–H and O–H groups in total. The molecule has 0 saturated carbocycles. The third-order valence-electron chi connectivity index (χ3n) is 3.18. The normalized spacial score (nSPS) is 17.6. The molecule has 1 unspecified atom stereocenters. The zero-order chi connectivity index (χ0) is 12.5. The summed E-state index contributed by atoms with van der Waals surface area (Å²) in [6, 6.07) is 13.3. The summed E-state index contributed by atoms with van der Waals surface area (Å²) in [5.74, 6) is 0.504. The van der Waals surface area contributed by atoms with E-state index in [0.29, 0.717) is 6.42 Å². The van der Waals surface area contributed by atoms with Crippen molar-refractivity contribution < 1.29 is 4.79 Å².